The Labute approximate surface area is 156 Å². The minimum Gasteiger partial charge on any atom is -0.352 e. The maximum absolute atomic E-state index is 6.46. The molecular weight excluding hydrogens is 357 g/mol. The number of nitrogens with one attached hydrogen (secondary N) is 1. The number of piperazine rings is 1. The summed E-state index contributed by atoms with van der Waals surface area (Å²) in [6, 6.07) is 8.33. The molecular formula is C18H19Cl2N5. The van der Waals surface area contributed by atoms with Gasteiger partial charge in [-0.3, -0.25) is 0 Å². The third kappa shape index (κ3) is 3.19. The summed E-state index contributed by atoms with van der Waals surface area (Å²) in [6.45, 7) is 6.10. The van der Waals surface area contributed by atoms with E-state index in [2.05, 4.69) is 29.2 Å². The molecule has 130 valence electrons. The summed E-state index contributed by atoms with van der Waals surface area (Å²) in [5.41, 5.74) is 2.71. The maximum atomic E-state index is 6.46. The van der Waals surface area contributed by atoms with Gasteiger partial charge in [-0.2, -0.15) is 5.10 Å². The average Bonchev–Trinajstić information content (AvgIpc) is 2.97. The molecule has 1 saturated heterocycles. The number of rotatable bonds is 2. The van der Waals surface area contributed by atoms with E-state index in [1.807, 2.05) is 36.7 Å². The Hall–Kier alpha value is -1.82. The molecule has 2 atom stereocenters. The lowest BCUT2D eigenvalue weighted by Crippen LogP contribution is -2.54. The normalized spacial score (nSPS) is 21.0. The molecule has 1 aliphatic heterocycles. The Morgan fingerprint density at radius 1 is 1.12 bits per heavy atom. The molecule has 25 heavy (non-hydrogen) atoms. The molecule has 7 heteroatoms. The number of aromatic nitrogens is 3. The molecule has 1 fully saturated rings. The molecule has 4 rings (SSSR count). The van der Waals surface area contributed by atoms with Crippen LogP contribution in [0.5, 0.6) is 0 Å². The number of halogens is 2. The van der Waals surface area contributed by atoms with Gasteiger partial charge in [-0.1, -0.05) is 23.2 Å². The fourth-order valence-electron chi connectivity index (χ4n) is 3.46. The van der Waals surface area contributed by atoms with Gasteiger partial charge in [-0.15, -0.1) is 0 Å². The molecule has 0 bridgehead atoms. The molecule has 5 nitrogen and oxygen atoms in total. The zero-order valence-corrected chi connectivity index (χ0v) is 15.6. The van der Waals surface area contributed by atoms with Crippen LogP contribution in [0.4, 0.5) is 5.82 Å². The van der Waals surface area contributed by atoms with Crippen molar-refractivity contribution in [2.75, 3.05) is 18.0 Å². The first-order chi connectivity index (χ1) is 12.0. The fraction of sp³-hybridized carbons (Fsp3) is 0.333. The van der Waals surface area contributed by atoms with Crippen molar-refractivity contribution in [1.82, 2.24) is 19.9 Å². The predicted molar refractivity (Wildman–Crippen MR) is 103 cm³/mol. The highest BCUT2D eigenvalue weighted by Crippen LogP contribution is 2.31. The highest BCUT2D eigenvalue weighted by molar-refractivity contribution is 6.33. The third-order valence-electron chi connectivity index (χ3n) is 4.44. The van der Waals surface area contributed by atoms with Crippen LogP contribution in [-0.4, -0.2) is 39.8 Å². The van der Waals surface area contributed by atoms with Crippen LogP contribution >= 0.6 is 23.2 Å². The molecule has 1 aliphatic rings. The van der Waals surface area contributed by atoms with E-state index in [0.717, 1.165) is 35.7 Å². The highest BCUT2D eigenvalue weighted by Gasteiger charge is 2.24. The Morgan fingerprint density at radius 3 is 2.64 bits per heavy atom. The van der Waals surface area contributed by atoms with Gasteiger partial charge in [0.15, 0.2) is 0 Å². The van der Waals surface area contributed by atoms with Crippen molar-refractivity contribution in [3.8, 4) is 11.3 Å². The molecule has 0 radical (unpaired) electrons. The topological polar surface area (TPSA) is 45.5 Å². The Morgan fingerprint density at radius 2 is 1.88 bits per heavy atom. The van der Waals surface area contributed by atoms with Gasteiger partial charge < -0.3 is 10.2 Å². The summed E-state index contributed by atoms with van der Waals surface area (Å²) in [4.78, 5) is 7.10. The summed E-state index contributed by atoms with van der Waals surface area (Å²) in [5.74, 6) is 0.820. The number of hydrogen-bond donors (Lipinski definition) is 1. The van der Waals surface area contributed by atoms with Gasteiger partial charge in [-0.25, -0.2) is 9.50 Å². The summed E-state index contributed by atoms with van der Waals surface area (Å²) in [7, 11) is 0. The van der Waals surface area contributed by atoms with Gasteiger partial charge in [0.05, 0.1) is 22.4 Å². The third-order valence-corrected chi connectivity index (χ3v) is 4.97. The molecule has 0 aliphatic carbocycles. The van der Waals surface area contributed by atoms with Crippen molar-refractivity contribution in [1.29, 1.82) is 0 Å². The second-order valence-corrected chi connectivity index (χ2v) is 7.45. The lowest BCUT2D eigenvalue weighted by Gasteiger charge is -2.37. The van der Waals surface area contributed by atoms with Crippen molar-refractivity contribution in [2.45, 2.75) is 25.9 Å². The van der Waals surface area contributed by atoms with Crippen molar-refractivity contribution in [2.24, 2.45) is 0 Å². The van der Waals surface area contributed by atoms with E-state index < -0.39 is 0 Å². The lowest BCUT2D eigenvalue weighted by atomic mass is 10.1. The van der Waals surface area contributed by atoms with Crippen LogP contribution in [0.2, 0.25) is 10.0 Å². The SMILES string of the molecule is C[C@@H]1CN(c2nc(-c3cnn4ccc(Cl)cc34)ccc2Cl)C[C@H](C)N1. The van der Waals surface area contributed by atoms with E-state index >= 15 is 0 Å². The second kappa shape index (κ2) is 6.48. The number of pyridine rings is 2. The number of fused-ring (bicyclic) bond motifs is 1. The number of nitrogens with zero attached hydrogens (tertiary/aromatic N) is 4. The van der Waals surface area contributed by atoms with E-state index in [4.69, 9.17) is 28.2 Å². The van der Waals surface area contributed by atoms with E-state index in [1.54, 1.807) is 4.52 Å². The quantitative estimate of drug-likeness (QED) is 0.737. The van der Waals surface area contributed by atoms with Gasteiger partial charge in [0.2, 0.25) is 0 Å². The van der Waals surface area contributed by atoms with Crippen LogP contribution in [0.3, 0.4) is 0 Å². The van der Waals surface area contributed by atoms with Crippen LogP contribution in [0.25, 0.3) is 16.8 Å². The molecule has 4 heterocycles. The van der Waals surface area contributed by atoms with Crippen LogP contribution in [0.1, 0.15) is 13.8 Å². The van der Waals surface area contributed by atoms with Crippen LogP contribution in [0, 0.1) is 0 Å². The van der Waals surface area contributed by atoms with Crippen LogP contribution < -0.4 is 10.2 Å². The van der Waals surface area contributed by atoms with Gasteiger partial charge >= 0.3 is 0 Å². The molecule has 0 spiro atoms. The zero-order valence-electron chi connectivity index (χ0n) is 14.1. The molecule has 0 aromatic carbocycles. The summed E-state index contributed by atoms with van der Waals surface area (Å²) in [5, 5.41) is 9.26. The number of hydrogen-bond acceptors (Lipinski definition) is 4. The van der Waals surface area contributed by atoms with Gasteiger partial charge in [0.1, 0.15) is 5.82 Å². The Balaban J connectivity index is 1.77. The first kappa shape index (κ1) is 16.6. The summed E-state index contributed by atoms with van der Waals surface area (Å²) >= 11 is 12.6. The van der Waals surface area contributed by atoms with Gasteiger partial charge in [0, 0.05) is 42.0 Å². The predicted octanol–water partition coefficient (Wildman–Crippen LogP) is 3.89. The number of anilines is 1. The van der Waals surface area contributed by atoms with Crippen molar-refractivity contribution in [3.05, 3.63) is 46.7 Å². The molecule has 1 N–H and O–H groups in total. The average molecular weight is 376 g/mol. The van der Waals surface area contributed by atoms with E-state index in [-0.39, 0.29) is 0 Å². The summed E-state index contributed by atoms with van der Waals surface area (Å²) in [6.07, 6.45) is 3.66. The largest absolute Gasteiger partial charge is 0.352 e. The monoisotopic (exact) mass is 375 g/mol. The first-order valence-corrected chi connectivity index (χ1v) is 9.07. The minimum atomic E-state index is 0.390. The van der Waals surface area contributed by atoms with Crippen molar-refractivity contribution < 1.29 is 0 Å². The minimum absolute atomic E-state index is 0.390. The zero-order chi connectivity index (χ0) is 17.6. The van der Waals surface area contributed by atoms with Crippen molar-refractivity contribution in [3.63, 3.8) is 0 Å². The van der Waals surface area contributed by atoms with Crippen LogP contribution in [-0.2, 0) is 0 Å². The summed E-state index contributed by atoms with van der Waals surface area (Å²) < 4.78 is 1.80. The first-order valence-electron chi connectivity index (χ1n) is 8.32. The van der Waals surface area contributed by atoms with Crippen molar-refractivity contribution >= 4 is 34.5 Å². The van der Waals surface area contributed by atoms with E-state index in [1.165, 1.54) is 0 Å². The Bertz CT molecular complexity index is 913. The fourth-order valence-corrected chi connectivity index (χ4v) is 3.84. The second-order valence-electron chi connectivity index (χ2n) is 6.61. The standard InChI is InChI=1S/C18H19Cl2N5/c1-11-9-24(10-12(2)22-11)18-15(20)3-4-16(23-18)14-8-21-25-6-5-13(19)7-17(14)25/h3-8,11-12,22H,9-10H2,1-2H3/t11-,12+. The lowest BCUT2D eigenvalue weighted by molar-refractivity contribution is 0.405. The van der Waals surface area contributed by atoms with E-state index in [0.29, 0.717) is 22.1 Å². The van der Waals surface area contributed by atoms with Crippen LogP contribution in [0.15, 0.2) is 36.7 Å². The van der Waals surface area contributed by atoms with Gasteiger partial charge in [0.25, 0.3) is 0 Å². The van der Waals surface area contributed by atoms with E-state index in [9.17, 15) is 0 Å². The highest BCUT2D eigenvalue weighted by atomic mass is 35.5. The molecule has 3 aromatic heterocycles. The molecule has 0 amide bonds. The smallest absolute Gasteiger partial charge is 0.148 e. The molecule has 0 saturated carbocycles. The molecule has 0 unspecified atom stereocenters. The van der Waals surface area contributed by atoms with Gasteiger partial charge in [-0.05, 0) is 38.1 Å². The molecule has 3 aromatic rings. The maximum Gasteiger partial charge on any atom is 0.148 e. The Kier molecular flexibility index (Phi) is 4.31.